The molecule has 5 fully saturated rings. The zero-order chi connectivity index (χ0) is 22.0. The van der Waals surface area contributed by atoms with E-state index in [1.807, 2.05) is 6.92 Å². The molecule has 0 aromatic rings. The maximum Gasteiger partial charge on any atom is 0.309 e. The van der Waals surface area contributed by atoms with Crippen molar-refractivity contribution in [3.63, 3.8) is 0 Å². The van der Waals surface area contributed by atoms with Crippen LogP contribution < -0.4 is 0 Å². The molecule has 4 aliphatic carbocycles. The summed E-state index contributed by atoms with van der Waals surface area (Å²) < 4.78 is 17.7. The fourth-order valence-electron chi connectivity index (χ4n) is 8.70. The lowest BCUT2D eigenvalue weighted by Crippen LogP contribution is -2.67. The highest BCUT2D eigenvalue weighted by molar-refractivity contribution is 5.92. The van der Waals surface area contributed by atoms with E-state index in [0.717, 1.165) is 12.0 Å². The molecular weight excluding hydrogens is 400 g/mol. The fourth-order valence-corrected chi connectivity index (χ4v) is 8.70. The molecule has 2 spiro atoms. The lowest BCUT2D eigenvalue weighted by Gasteiger charge is -2.59. The van der Waals surface area contributed by atoms with Crippen molar-refractivity contribution < 1.29 is 33.7 Å². The molecule has 9 atom stereocenters. The molecule has 2 aliphatic heterocycles. The van der Waals surface area contributed by atoms with Crippen LogP contribution in [0.4, 0.5) is 0 Å². The smallest absolute Gasteiger partial charge is 0.309 e. The summed E-state index contributed by atoms with van der Waals surface area (Å²) in [4.78, 5) is 37.4. The Morgan fingerprint density at radius 1 is 1.19 bits per heavy atom. The summed E-state index contributed by atoms with van der Waals surface area (Å²) in [6.07, 6.45) is 4.49. The summed E-state index contributed by atoms with van der Waals surface area (Å²) in [5.41, 5.74) is -1.51. The topological polar surface area (TPSA) is 102 Å². The van der Waals surface area contributed by atoms with Crippen LogP contribution in [0.25, 0.3) is 0 Å². The van der Waals surface area contributed by atoms with E-state index >= 15 is 0 Å². The summed E-state index contributed by atoms with van der Waals surface area (Å²) in [6, 6.07) is 0. The molecule has 2 heterocycles. The Labute approximate surface area is 181 Å². The zero-order valence-corrected chi connectivity index (χ0v) is 18.3. The van der Waals surface area contributed by atoms with Gasteiger partial charge in [0.25, 0.3) is 0 Å². The van der Waals surface area contributed by atoms with Gasteiger partial charge < -0.3 is 19.3 Å². The van der Waals surface area contributed by atoms with E-state index in [2.05, 4.69) is 6.92 Å². The minimum absolute atomic E-state index is 0.0350. The molecule has 168 valence electrons. The van der Waals surface area contributed by atoms with E-state index < -0.39 is 40.2 Å². The second-order valence-corrected chi connectivity index (χ2v) is 11.0. The van der Waals surface area contributed by atoms with Crippen LogP contribution >= 0.6 is 0 Å². The number of esters is 2. The van der Waals surface area contributed by atoms with Gasteiger partial charge in [-0.2, -0.15) is 0 Å². The minimum Gasteiger partial charge on any atom is -0.469 e. The van der Waals surface area contributed by atoms with Gasteiger partial charge in [0.2, 0.25) is 0 Å². The monoisotopic (exact) mass is 430 g/mol. The largest absolute Gasteiger partial charge is 0.469 e. The van der Waals surface area contributed by atoms with Crippen molar-refractivity contribution in [1.82, 2.24) is 0 Å². The number of ether oxygens (including phenoxy) is 3. The second-order valence-electron chi connectivity index (χ2n) is 11.0. The number of rotatable bonds is 1. The van der Waals surface area contributed by atoms with Crippen LogP contribution in [0.1, 0.15) is 58.8 Å². The Morgan fingerprint density at radius 2 is 1.97 bits per heavy atom. The quantitative estimate of drug-likeness (QED) is 0.502. The average molecular weight is 430 g/mol. The van der Waals surface area contributed by atoms with Crippen molar-refractivity contribution in [2.45, 2.75) is 82.2 Å². The van der Waals surface area contributed by atoms with E-state index in [1.54, 1.807) is 6.08 Å². The van der Waals surface area contributed by atoms with Crippen LogP contribution in [0.5, 0.6) is 0 Å². The Bertz CT molecular complexity index is 940. The maximum absolute atomic E-state index is 13.0. The Balaban J connectivity index is 1.52. The van der Waals surface area contributed by atoms with Gasteiger partial charge >= 0.3 is 11.9 Å². The summed E-state index contributed by atoms with van der Waals surface area (Å²) in [7, 11) is 1.40. The number of methoxy groups -OCH3 is 1. The first-order chi connectivity index (χ1) is 14.6. The van der Waals surface area contributed by atoms with Crippen molar-refractivity contribution in [1.29, 1.82) is 0 Å². The van der Waals surface area contributed by atoms with Gasteiger partial charge in [0.05, 0.1) is 19.1 Å². The van der Waals surface area contributed by atoms with E-state index in [4.69, 9.17) is 14.2 Å². The zero-order valence-electron chi connectivity index (χ0n) is 18.3. The molecule has 0 aromatic carbocycles. The van der Waals surface area contributed by atoms with Gasteiger partial charge in [-0.1, -0.05) is 19.4 Å². The number of aliphatic hydroxyl groups excluding tert-OH is 1. The Kier molecular flexibility index (Phi) is 3.72. The molecule has 7 heteroatoms. The third-order valence-corrected chi connectivity index (χ3v) is 10.3. The fraction of sp³-hybridized carbons (Fsp3) is 0.792. The first-order valence-corrected chi connectivity index (χ1v) is 11.5. The number of fused-ring (bicyclic) bond motifs is 4. The highest BCUT2D eigenvalue weighted by Gasteiger charge is 2.86. The van der Waals surface area contributed by atoms with Crippen molar-refractivity contribution >= 4 is 17.7 Å². The first kappa shape index (κ1) is 19.9. The number of hydrogen-bond acceptors (Lipinski definition) is 7. The molecule has 0 radical (unpaired) electrons. The maximum atomic E-state index is 13.0. The highest BCUT2D eigenvalue weighted by Crippen LogP contribution is 2.78. The third-order valence-electron chi connectivity index (χ3n) is 10.3. The van der Waals surface area contributed by atoms with Crippen LogP contribution in [0, 0.1) is 28.6 Å². The molecular formula is C24H30O7. The summed E-state index contributed by atoms with van der Waals surface area (Å²) in [6.45, 7) is 4.17. The number of carbonyl (C=O) groups is 3. The van der Waals surface area contributed by atoms with Gasteiger partial charge in [0, 0.05) is 29.6 Å². The van der Waals surface area contributed by atoms with Gasteiger partial charge in [-0.25, -0.2) is 0 Å². The lowest BCUT2D eigenvalue weighted by atomic mass is 9.43. The summed E-state index contributed by atoms with van der Waals surface area (Å²) in [5.74, 6) is -1.03. The van der Waals surface area contributed by atoms with Crippen molar-refractivity contribution in [2.24, 2.45) is 28.6 Å². The number of ketones is 1. The molecule has 4 unspecified atom stereocenters. The van der Waals surface area contributed by atoms with Gasteiger partial charge in [-0.05, 0) is 44.1 Å². The standard InChI is InChI=1S/C24H30O7/c1-21-7-4-13(25)10-12(21)11-14(20(28)29-3)17-15-5-8-23(9-6-16(26)30-23)22(15,2)18(27)19-24(17,21)31-19/h10,14-15,17-19,27H,4-9,11H2,1-3H3/t14?,15?,17?,18?,19-,21+,22-,23-,24+/m1/s1. The number of carbonyl (C=O) groups excluding carboxylic acids is 3. The molecule has 0 bridgehead atoms. The van der Waals surface area contributed by atoms with Crippen LogP contribution in [0.3, 0.4) is 0 Å². The molecule has 7 nitrogen and oxygen atoms in total. The minimum atomic E-state index is -0.797. The normalized spacial score (nSPS) is 54.3. The molecule has 0 aromatic heterocycles. The molecule has 1 N–H and O–H groups in total. The second kappa shape index (κ2) is 5.79. The molecule has 31 heavy (non-hydrogen) atoms. The van der Waals surface area contributed by atoms with Crippen LogP contribution in [-0.4, -0.2) is 53.3 Å². The van der Waals surface area contributed by atoms with Gasteiger partial charge in [0.1, 0.15) is 17.3 Å². The van der Waals surface area contributed by atoms with E-state index in [9.17, 15) is 19.5 Å². The summed E-state index contributed by atoms with van der Waals surface area (Å²) in [5, 5.41) is 11.7. The SMILES string of the molecule is COC(=O)C1CC2=CC(=O)CC[C@]2(C)[C@@]23O[C@@H]2C(O)[C@@]2(C)C(CC[C@@]24CCC(=O)O4)C13. The van der Waals surface area contributed by atoms with Gasteiger partial charge in [-0.3, -0.25) is 14.4 Å². The molecule has 6 aliphatic rings. The third kappa shape index (κ3) is 2.02. The first-order valence-electron chi connectivity index (χ1n) is 11.5. The van der Waals surface area contributed by atoms with E-state index in [0.29, 0.717) is 38.5 Å². The number of hydrogen-bond donors (Lipinski definition) is 1. The van der Waals surface area contributed by atoms with Crippen LogP contribution in [0.2, 0.25) is 0 Å². The van der Waals surface area contributed by atoms with Gasteiger partial charge in [0.15, 0.2) is 5.78 Å². The van der Waals surface area contributed by atoms with E-state index in [-0.39, 0.29) is 29.6 Å². The number of aliphatic hydroxyl groups is 1. The highest BCUT2D eigenvalue weighted by atomic mass is 16.6. The van der Waals surface area contributed by atoms with Crippen LogP contribution in [-0.2, 0) is 28.6 Å². The van der Waals surface area contributed by atoms with Crippen molar-refractivity contribution in [3.05, 3.63) is 11.6 Å². The van der Waals surface area contributed by atoms with Crippen LogP contribution in [0.15, 0.2) is 11.6 Å². The molecule has 3 saturated carbocycles. The molecule has 0 amide bonds. The number of epoxide rings is 1. The molecule has 6 rings (SSSR count). The molecule has 2 saturated heterocycles. The van der Waals surface area contributed by atoms with Gasteiger partial charge in [-0.15, -0.1) is 0 Å². The van der Waals surface area contributed by atoms with Crippen molar-refractivity contribution in [3.8, 4) is 0 Å². The van der Waals surface area contributed by atoms with E-state index in [1.165, 1.54) is 7.11 Å². The predicted octanol–water partition coefficient (Wildman–Crippen LogP) is 2.10. The average Bonchev–Trinajstić information content (AvgIpc) is 3.28. The lowest BCUT2D eigenvalue weighted by molar-refractivity contribution is -0.192. The summed E-state index contributed by atoms with van der Waals surface area (Å²) >= 11 is 0. The predicted molar refractivity (Wildman–Crippen MR) is 107 cm³/mol. The Hall–Kier alpha value is -1.73. The van der Waals surface area contributed by atoms with Crippen molar-refractivity contribution in [2.75, 3.05) is 7.11 Å². The Morgan fingerprint density at radius 3 is 2.65 bits per heavy atom.